The second kappa shape index (κ2) is 5.94. The van der Waals surface area contributed by atoms with Gasteiger partial charge in [0.25, 0.3) is 0 Å². The number of anilines is 1. The van der Waals surface area contributed by atoms with Crippen molar-refractivity contribution < 1.29 is 9.53 Å². The SMILES string of the molecule is Cc1cc(N2CCC3(CCN(C(=O)OC(C)(C)C)C3)C2)c(C)cn1. The summed E-state index contributed by atoms with van der Waals surface area (Å²) < 4.78 is 5.54. The molecule has 2 saturated heterocycles. The summed E-state index contributed by atoms with van der Waals surface area (Å²) in [5.74, 6) is 0. The first-order valence-electron chi connectivity index (χ1n) is 8.84. The number of nitrogens with zero attached hydrogens (tertiary/aromatic N) is 3. The van der Waals surface area contributed by atoms with Gasteiger partial charge in [-0.25, -0.2) is 4.79 Å². The Balaban J connectivity index is 1.67. The van der Waals surface area contributed by atoms with E-state index in [0.717, 1.165) is 44.7 Å². The number of likely N-dealkylation sites (tertiary alicyclic amines) is 1. The minimum atomic E-state index is -0.430. The van der Waals surface area contributed by atoms with E-state index in [9.17, 15) is 4.79 Å². The van der Waals surface area contributed by atoms with Gasteiger partial charge in [-0.3, -0.25) is 4.98 Å². The molecule has 0 aliphatic carbocycles. The molecule has 0 radical (unpaired) electrons. The van der Waals surface area contributed by atoms with Crippen molar-refractivity contribution in [3.8, 4) is 0 Å². The van der Waals surface area contributed by atoms with Crippen LogP contribution in [-0.4, -0.2) is 47.8 Å². The molecule has 2 aliphatic heterocycles. The molecule has 1 amide bonds. The van der Waals surface area contributed by atoms with Gasteiger partial charge in [0.15, 0.2) is 0 Å². The van der Waals surface area contributed by atoms with Crippen LogP contribution >= 0.6 is 0 Å². The fraction of sp³-hybridized carbons (Fsp3) is 0.684. The Morgan fingerprint density at radius 1 is 1.21 bits per heavy atom. The zero-order valence-corrected chi connectivity index (χ0v) is 15.6. The van der Waals surface area contributed by atoms with Gasteiger partial charge in [-0.2, -0.15) is 0 Å². The summed E-state index contributed by atoms with van der Waals surface area (Å²) in [4.78, 5) is 21.1. The summed E-state index contributed by atoms with van der Waals surface area (Å²) in [6.07, 6.45) is 3.98. The van der Waals surface area contributed by atoms with E-state index in [1.807, 2.05) is 38.8 Å². The molecule has 0 aromatic carbocycles. The number of carbonyl (C=O) groups is 1. The van der Waals surface area contributed by atoms with Crippen LogP contribution in [0.4, 0.5) is 10.5 Å². The molecule has 5 heteroatoms. The van der Waals surface area contributed by atoms with E-state index < -0.39 is 5.60 Å². The monoisotopic (exact) mass is 331 g/mol. The summed E-state index contributed by atoms with van der Waals surface area (Å²) in [6.45, 7) is 13.6. The molecular weight excluding hydrogens is 302 g/mol. The average molecular weight is 331 g/mol. The predicted octanol–water partition coefficient (Wildman–Crippen LogP) is 3.54. The molecule has 0 N–H and O–H groups in total. The maximum Gasteiger partial charge on any atom is 0.410 e. The van der Waals surface area contributed by atoms with E-state index in [1.54, 1.807) is 0 Å². The number of aryl methyl sites for hydroxylation is 2. The fourth-order valence-electron chi connectivity index (χ4n) is 3.85. The molecule has 3 rings (SSSR count). The Labute approximate surface area is 145 Å². The number of hydrogen-bond donors (Lipinski definition) is 0. The van der Waals surface area contributed by atoms with Crippen LogP contribution < -0.4 is 4.90 Å². The molecule has 24 heavy (non-hydrogen) atoms. The minimum absolute atomic E-state index is 0.172. The van der Waals surface area contributed by atoms with Crippen LogP contribution in [0.1, 0.15) is 44.9 Å². The maximum absolute atomic E-state index is 12.3. The molecule has 3 heterocycles. The first-order chi connectivity index (χ1) is 11.2. The van der Waals surface area contributed by atoms with E-state index >= 15 is 0 Å². The van der Waals surface area contributed by atoms with Gasteiger partial charge in [0.2, 0.25) is 0 Å². The van der Waals surface area contributed by atoms with Crippen molar-refractivity contribution in [3.63, 3.8) is 0 Å². The lowest BCUT2D eigenvalue weighted by atomic mass is 9.86. The molecule has 1 spiro atoms. The van der Waals surface area contributed by atoms with Crippen molar-refractivity contribution in [2.24, 2.45) is 5.41 Å². The molecular formula is C19H29N3O2. The van der Waals surface area contributed by atoms with Gasteiger partial charge in [0.05, 0.1) is 0 Å². The summed E-state index contributed by atoms with van der Waals surface area (Å²) in [5, 5.41) is 0. The third kappa shape index (κ3) is 3.50. The first-order valence-corrected chi connectivity index (χ1v) is 8.84. The topological polar surface area (TPSA) is 45.7 Å². The van der Waals surface area contributed by atoms with E-state index in [1.165, 1.54) is 11.3 Å². The third-order valence-corrected chi connectivity index (χ3v) is 5.08. The lowest BCUT2D eigenvalue weighted by molar-refractivity contribution is 0.0276. The average Bonchev–Trinajstić information content (AvgIpc) is 3.08. The highest BCUT2D eigenvalue weighted by Gasteiger charge is 2.45. The van der Waals surface area contributed by atoms with Gasteiger partial charge in [-0.1, -0.05) is 0 Å². The Morgan fingerprint density at radius 2 is 1.92 bits per heavy atom. The largest absolute Gasteiger partial charge is 0.444 e. The quantitative estimate of drug-likeness (QED) is 0.790. The Morgan fingerprint density at radius 3 is 2.62 bits per heavy atom. The normalized spacial score (nSPS) is 24.0. The second-order valence-electron chi connectivity index (χ2n) is 8.44. The second-order valence-corrected chi connectivity index (χ2v) is 8.44. The van der Waals surface area contributed by atoms with E-state index in [0.29, 0.717) is 0 Å². The highest BCUT2D eigenvalue weighted by atomic mass is 16.6. The van der Waals surface area contributed by atoms with Crippen molar-refractivity contribution in [3.05, 3.63) is 23.5 Å². The van der Waals surface area contributed by atoms with Crippen molar-refractivity contribution in [2.75, 3.05) is 31.1 Å². The number of amides is 1. The molecule has 2 aliphatic rings. The molecule has 0 saturated carbocycles. The number of rotatable bonds is 1. The molecule has 2 fully saturated rings. The van der Waals surface area contributed by atoms with Gasteiger partial charge >= 0.3 is 6.09 Å². The predicted molar refractivity (Wildman–Crippen MR) is 95.4 cm³/mol. The van der Waals surface area contributed by atoms with Crippen LogP contribution in [0.15, 0.2) is 12.3 Å². The van der Waals surface area contributed by atoms with E-state index in [-0.39, 0.29) is 11.5 Å². The third-order valence-electron chi connectivity index (χ3n) is 5.08. The van der Waals surface area contributed by atoms with Crippen molar-refractivity contribution in [2.45, 2.75) is 53.1 Å². The smallest absolute Gasteiger partial charge is 0.410 e. The van der Waals surface area contributed by atoms with Gasteiger partial charge in [-0.05, 0) is 59.1 Å². The summed E-state index contributed by atoms with van der Waals surface area (Å²) in [6, 6.07) is 2.18. The number of ether oxygens (including phenoxy) is 1. The molecule has 1 atom stereocenters. The van der Waals surface area contributed by atoms with Crippen LogP contribution in [0.3, 0.4) is 0 Å². The van der Waals surface area contributed by atoms with Crippen LogP contribution in [-0.2, 0) is 4.74 Å². The van der Waals surface area contributed by atoms with Crippen LogP contribution in [0, 0.1) is 19.3 Å². The number of pyridine rings is 1. The van der Waals surface area contributed by atoms with Crippen LogP contribution in [0.25, 0.3) is 0 Å². The van der Waals surface area contributed by atoms with Crippen molar-refractivity contribution in [1.82, 2.24) is 9.88 Å². The molecule has 0 bridgehead atoms. The highest BCUT2D eigenvalue weighted by molar-refractivity contribution is 5.68. The highest BCUT2D eigenvalue weighted by Crippen LogP contribution is 2.42. The van der Waals surface area contributed by atoms with Gasteiger partial charge in [0.1, 0.15) is 5.60 Å². The van der Waals surface area contributed by atoms with E-state index in [2.05, 4.69) is 22.9 Å². The van der Waals surface area contributed by atoms with Crippen LogP contribution in [0.2, 0.25) is 0 Å². The summed E-state index contributed by atoms with van der Waals surface area (Å²) in [5.41, 5.74) is 3.34. The maximum atomic E-state index is 12.3. The van der Waals surface area contributed by atoms with Gasteiger partial charge in [-0.15, -0.1) is 0 Å². The van der Waals surface area contributed by atoms with Crippen LogP contribution in [0.5, 0.6) is 0 Å². The van der Waals surface area contributed by atoms with Crippen molar-refractivity contribution >= 4 is 11.8 Å². The zero-order chi connectivity index (χ0) is 17.5. The Kier molecular flexibility index (Phi) is 4.22. The lowest BCUT2D eigenvalue weighted by Crippen LogP contribution is -2.37. The van der Waals surface area contributed by atoms with E-state index in [4.69, 9.17) is 4.74 Å². The Hall–Kier alpha value is -1.78. The fourth-order valence-corrected chi connectivity index (χ4v) is 3.85. The summed E-state index contributed by atoms with van der Waals surface area (Å²) in [7, 11) is 0. The molecule has 1 aromatic rings. The Bertz CT molecular complexity index is 638. The summed E-state index contributed by atoms with van der Waals surface area (Å²) >= 11 is 0. The standard InChI is InChI=1S/C19H29N3O2/c1-14-11-20-15(2)10-16(14)21-8-6-19(12-21)7-9-22(13-19)17(23)24-18(3,4)5/h10-11H,6-9,12-13H2,1-5H3. The molecule has 1 aromatic heterocycles. The molecule has 132 valence electrons. The molecule has 5 nitrogen and oxygen atoms in total. The van der Waals surface area contributed by atoms with Crippen molar-refractivity contribution in [1.29, 1.82) is 0 Å². The minimum Gasteiger partial charge on any atom is -0.444 e. The molecule has 1 unspecified atom stereocenters. The number of aromatic nitrogens is 1. The first kappa shape index (κ1) is 17.1. The van der Waals surface area contributed by atoms with Gasteiger partial charge in [0, 0.05) is 49.2 Å². The lowest BCUT2D eigenvalue weighted by Gasteiger charge is -2.28. The van der Waals surface area contributed by atoms with Gasteiger partial charge < -0.3 is 14.5 Å². The number of carbonyl (C=O) groups excluding carboxylic acids is 1. The number of hydrogen-bond acceptors (Lipinski definition) is 4. The zero-order valence-electron chi connectivity index (χ0n) is 15.6.